The number of hydrogen-bond acceptors (Lipinski definition) is 5. The maximum absolute atomic E-state index is 12.5. The molecular formula is C25H28F3N3O4. The number of aliphatic carboxylic acids is 1. The normalized spacial score (nSPS) is 20.6. The van der Waals surface area contributed by atoms with E-state index in [0.717, 1.165) is 43.7 Å². The minimum Gasteiger partial charge on any atom is -0.475 e. The Labute approximate surface area is 201 Å². The lowest BCUT2D eigenvalue weighted by Gasteiger charge is -2.40. The van der Waals surface area contributed by atoms with E-state index in [0.29, 0.717) is 13.1 Å². The van der Waals surface area contributed by atoms with Crippen molar-refractivity contribution >= 4 is 28.9 Å². The van der Waals surface area contributed by atoms with E-state index < -0.39 is 12.1 Å². The first-order chi connectivity index (χ1) is 16.6. The largest absolute Gasteiger partial charge is 0.490 e. The topological polar surface area (TPSA) is 93.1 Å². The highest BCUT2D eigenvalue weighted by Gasteiger charge is 2.49. The van der Waals surface area contributed by atoms with Crippen LogP contribution in [0.25, 0.3) is 0 Å². The van der Waals surface area contributed by atoms with Gasteiger partial charge in [0.05, 0.1) is 12.6 Å². The zero-order valence-corrected chi connectivity index (χ0v) is 19.1. The van der Waals surface area contributed by atoms with Crippen molar-refractivity contribution in [3.8, 4) is 0 Å². The summed E-state index contributed by atoms with van der Waals surface area (Å²) < 4.78 is 31.7. The minimum absolute atomic E-state index is 0.0113. The number of carbonyl (C=O) groups is 2. The van der Waals surface area contributed by atoms with E-state index in [1.54, 1.807) is 0 Å². The summed E-state index contributed by atoms with van der Waals surface area (Å²) in [5, 5.41) is 20.4. The van der Waals surface area contributed by atoms with E-state index >= 15 is 0 Å². The minimum atomic E-state index is -5.08. The summed E-state index contributed by atoms with van der Waals surface area (Å²) in [5.74, 6) is -2.77. The molecule has 7 nitrogen and oxygen atoms in total. The number of carbonyl (C=O) groups excluding carboxylic acids is 1. The van der Waals surface area contributed by atoms with Gasteiger partial charge >= 0.3 is 12.1 Å². The van der Waals surface area contributed by atoms with Crippen LogP contribution in [-0.4, -0.2) is 65.4 Å². The van der Waals surface area contributed by atoms with E-state index in [4.69, 9.17) is 9.90 Å². The number of carboxylic acid groups (broad SMARTS) is 1. The Kier molecular flexibility index (Phi) is 7.05. The molecule has 2 aliphatic heterocycles. The summed E-state index contributed by atoms with van der Waals surface area (Å²) in [7, 11) is 0. The Hall–Kier alpha value is -3.11. The Balaban J connectivity index is 0.000000364. The number of aliphatic hydroxyl groups is 1. The predicted octanol–water partition coefficient (Wildman–Crippen LogP) is 3.80. The van der Waals surface area contributed by atoms with Gasteiger partial charge in [0.2, 0.25) is 5.91 Å². The third kappa shape index (κ3) is 5.59. The quantitative estimate of drug-likeness (QED) is 0.603. The van der Waals surface area contributed by atoms with Crippen LogP contribution in [0.15, 0.2) is 48.5 Å². The van der Waals surface area contributed by atoms with Crippen molar-refractivity contribution in [3.05, 3.63) is 54.1 Å². The summed E-state index contributed by atoms with van der Waals surface area (Å²) >= 11 is 0. The number of benzene rings is 2. The van der Waals surface area contributed by atoms with Crippen LogP contribution >= 0.6 is 0 Å². The molecule has 188 valence electrons. The van der Waals surface area contributed by atoms with Gasteiger partial charge < -0.3 is 20.4 Å². The number of β-amino-alcohol motifs (C(OH)–C–C–N with tert-alkyl or cyclic N) is 1. The van der Waals surface area contributed by atoms with Gasteiger partial charge in [-0.05, 0) is 55.2 Å². The number of carboxylic acids is 1. The molecule has 2 aromatic rings. The predicted molar refractivity (Wildman–Crippen MR) is 125 cm³/mol. The molecular weight excluding hydrogens is 463 g/mol. The molecule has 1 atom stereocenters. The number of fused-ring (bicyclic) bond motifs is 1. The molecule has 2 aromatic carbocycles. The van der Waals surface area contributed by atoms with Gasteiger partial charge in [-0.1, -0.05) is 24.6 Å². The number of aliphatic hydroxyl groups excluding tert-OH is 1. The first-order valence-corrected chi connectivity index (χ1v) is 11.5. The van der Waals surface area contributed by atoms with Crippen LogP contribution in [0.5, 0.6) is 0 Å². The molecule has 0 bridgehead atoms. The number of likely N-dealkylation sites (tertiary alicyclic amines) is 1. The number of anilines is 3. The number of para-hydroxylation sites is 1. The molecule has 1 spiro atoms. The van der Waals surface area contributed by atoms with Crippen molar-refractivity contribution in [1.82, 2.24) is 4.90 Å². The van der Waals surface area contributed by atoms with Gasteiger partial charge in [0.1, 0.15) is 0 Å². The summed E-state index contributed by atoms with van der Waals surface area (Å²) in [4.78, 5) is 25.8. The zero-order valence-electron chi connectivity index (χ0n) is 19.1. The Morgan fingerprint density at radius 2 is 1.74 bits per heavy atom. The molecule has 5 rings (SSSR count). The molecule has 0 radical (unpaired) electrons. The van der Waals surface area contributed by atoms with Gasteiger partial charge in [-0.3, -0.25) is 9.69 Å². The SMILES string of the molecule is O=C(CN1CC(O)C2(CCC2)C1)Nc1ccc(N2CCc3ccccc32)cc1.O=C(O)C(F)(F)F. The second-order valence-corrected chi connectivity index (χ2v) is 9.33. The number of halogens is 3. The van der Waals surface area contributed by atoms with Crippen molar-refractivity contribution in [2.75, 3.05) is 36.4 Å². The lowest BCUT2D eigenvalue weighted by atomic mass is 9.67. The van der Waals surface area contributed by atoms with Gasteiger partial charge in [0.25, 0.3) is 0 Å². The number of nitrogens with one attached hydrogen (secondary N) is 1. The van der Waals surface area contributed by atoms with Crippen molar-refractivity contribution in [3.63, 3.8) is 0 Å². The molecule has 3 N–H and O–H groups in total. The fourth-order valence-corrected chi connectivity index (χ4v) is 5.03. The molecule has 1 saturated carbocycles. The van der Waals surface area contributed by atoms with Gasteiger partial charge in [0.15, 0.2) is 0 Å². The Bertz CT molecular complexity index is 1070. The molecule has 1 aliphatic carbocycles. The average Bonchev–Trinajstić information content (AvgIpc) is 3.35. The molecule has 1 saturated heterocycles. The number of alkyl halides is 3. The van der Waals surface area contributed by atoms with Gasteiger partial charge in [-0.25, -0.2) is 4.79 Å². The molecule has 2 fully saturated rings. The molecule has 3 aliphatic rings. The molecule has 1 unspecified atom stereocenters. The Morgan fingerprint density at radius 1 is 1.09 bits per heavy atom. The summed E-state index contributed by atoms with van der Waals surface area (Å²) in [6.07, 6.45) is -0.916. The third-order valence-electron chi connectivity index (χ3n) is 6.99. The van der Waals surface area contributed by atoms with Crippen LogP contribution in [0.4, 0.5) is 30.2 Å². The fourth-order valence-electron chi connectivity index (χ4n) is 5.03. The first-order valence-electron chi connectivity index (χ1n) is 11.5. The standard InChI is InChI=1S/C23H27N3O2.C2HF3O2/c27-21-14-25(16-23(21)11-3-12-23)15-22(28)24-18-6-8-19(9-7-18)26-13-10-17-4-1-2-5-20(17)26;3-2(4,5)1(6)7/h1-2,4-9,21,27H,3,10-16H2,(H,24,28);(H,6,7). The van der Waals surface area contributed by atoms with Gasteiger partial charge in [-0.2, -0.15) is 13.2 Å². The van der Waals surface area contributed by atoms with Crippen LogP contribution < -0.4 is 10.2 Å². The fraction of sp³-hybridized carbons (Fsp3) is 0.440. The molecule has 35 heavy (non-hydrogen) atoms. The van der Waals surface area contributed by atoms with Crippen LogP contribution in [0.3, 0.4) is 0 Å². The average molecular weight is 492 g/mol. The number of hydrogen-bond donors (Lipinski definition) is 3. The van der Waals surface area contributed by atoms with Crippen molar-refractivity contribution < 1.29 is 33.0 Å². The number of nitrogens with zero attached hydrogens (tertiary/aromatic N) is 2. The van der Waals surface area contributed by atoms with E-state index in [1.807, 2.05) is 12.1 Å². The second kappa shape index (κ2) is 9.87. The first kappa shape index (κ1) is 25.0. The van der Waals surface area contributed by atoms with Crippen LogP contribution in [0.2, 0.25) is 0 Å². The highest BCUT2D eigenvalue weighted by molar-refractivity contribution is 5.92. The Morgan fingerprint density at radius 3 is 2.31 bits per heavy atom. The highest BCUT2D eigenvalue weighted by Crippen LogP contribution is 2.48. The zero-order chi connectivity index (χ0) is 25.2. The summed E-state index contributed by atoms with van der Waals surface area (Å²) in [5.41, 5.74) is 4.69. The van der Waals surface area contributed by atoms with E-state index in [9.17, 15) is 23.1 Å². The lowest BCUT2D eigenvalue weighted by Crippen LogP contribution is -2.40. The number of amides is 1. The maximum atomic E-state index is 12.5. The monoisotopic (exact) mass is 491 g/mol. The molecule has 0 aromatic heterocycles. The number of rotatable bonds is 4. The van der Waals surface area contributed by atoms with E-state index in [1.165, 1.54) is 17.7 Å². The van der Waals surface area contributed by atoms with Crippen LogP contribution in [-0.2, 0) is 16.0 Å². The van der Waals surface area contributed by atoms with Crippen molar-refractivity contribution in [1.29, 1.82) is 0 Å². The van der Waals surface area contributed by atoms with E-state index in [2.05, 4.69) is 51.5 Å². The second-order valence-electron chi connectivity index (χ2n) is 9.33. The summed E-state index contributed by atoms with van der Waals surface area (Å²) in [6.45, 7) is 2.79. The summed E-state index contributed by atoms with van der Waals surface area (Å²) in [6, 6.07) is 16.6. The van der Waals surface area contributed by atoms with Crippen molar-refractivity contribution in [2.24, 2.45) is 5.41 Å². The molecule has 1 amide bonds. The highest BCUT2D eigenvalue weighted by atomic mass is 19.4. The van der Waals surface area contributed by atoms with E-state index in [-0.39, 0.29) is 17.4 Å². The molecule has 2 heterocycles. The van der Waals surface area contributed by atoms with Crippen LogP contribution in [0, 0.1) is 5.41 Å². The van der Waals surface area contributed by atoms with Gasteiger partial charge in [0, 0.05) is 42.1 Å². The lowest BCUT2D eigenvalue weighted by molar-refractivity contribution is -0.192. The van der Waals surface area contributed by atoms with Gasteiger partial charge in [-0.15, -0.1) is 0 Å². The maximum Gasteiger partial charge on any atom is 0.490 e. The molecule has 10 heteroatoms. The third-order valence-corrected chi connectivity index (χ3v) is 6.99. The van der Waals surface area contributed by atoms with Crippen molar-refractivity contribution in [2.45, 2.75) is 38.0 Å². The smallest absolute Gasteiger partial charge is 0.475 e. The van der Waals surface area contributed by atoms with Crippen LogP contribution in [0.1, 0.15) is 24.8 Å².